The summed E-state index contributed by atoms with van der Waals surface area (Å²) in [7, 11) is 8.11. The van der Waals surface area contributed by atoms with E-state index >= 15 is 0 Å². The third-order valence-electron chi connectivity index (χ3n) is 5.74. The first kappa shape index (κ1) is 21.1. The van der Waals surface area contributed by atoms with E-state index in [1.807, 2.05) is 28.2 Å². The van der Waals surface area contributed by atoms with Crippen LogP contribution in [0.2, 0.25) is 0 Å². The first-order valence-electron chi connectivity index (χ1n) is 10.7. The van der Waals surface area contributed by atoms with Gasteiger partial charge in [0.05, 0.1) is 6.10 Å². The topological polar surface area (TPSA) is 68.6 Å². The predicted molar refractivity (Wildman–Crippen MR) is 127 cm³/mol. The van der Waals surface area contributed by atoms with Gasteiger partial charge >= 0.3 is 0 Å². The number of benzene rings is 2. The van der Waals surface area contributed by atoms with Crippen molar-refractivity contribution in [1.29, 1.82) is 0 Å². The lowest BCUT2D eigenvalue weighted by Gasteiger charge is -2.29. The zero-order valence-corrected chi connectivity index (χ0v) is 18.7. The summed E-state index contributed by atoms with van der Waals surface area (Å²) in [5.41, 5.74) is 5.84. The molecule has 1 N–H and O–H groups in total. The Hall–Kier alpha value is -3.19. The lowest BCUT2D eigenvalue weighted by molar-refractivity contribution is 0.145. The molecule has 7 nitrogen and oxygen atoms in total. The van der Waals surface area contributed by atoms with Gasteiger partial charge in [0.2, 0.25) is 5.95 Å². The van der Waals surface area contributed by atoms with Gasteiger partial charge in [-0.05, 0) is 37.1 Å². The van der Waals surface area contributed by atoms with Gasteiger partial charge in [-0.1, -0.05) is 24.3 Å². The maximum absolute atomic E-state index is 9.84. The van der Waals surface area contributed by atoms with Gasteiger partial charge < -0.3 is 19.8 Å². The second-order valence-corrected chi connectivity index (χ2v) is 8.41. The standard InChI is InChI=1S/C24H30N6O/c1-28(2)19-9-5-17(6-10-19)22-23(18-7-11-20(12-8-18)29(3)4)26-27-24(25-22)30-15-13-21(31)14-16-30/h5-12,21,31H,13-16H2,1-4H3. The number of rotatable bonds is 5. The second kappa shape index (κ2) is 8.89. The van der Waals surface area contributed by atoms with Crippen molar-refractivity contribution in [1.82, 2.24) is 15.2 Å². The highest BCUT2D eigenvalue weighted by Crippen LogP contribution is 2.32. The van der Waals surface area contributed by atoms with E-state index in [0.29, 0.717) is 5.95 Å². The Labute approximate surface area is 184 Å². The molecule has 1 aromatic heterocycles. The minimum absolute atomic E-state index is 0.239. The number of hydrogen-bond donors (Lipinski definition) is 1. The van der Waals surface area contributed by atoms with Crippen molar-refractivity contribution < 1.29 is 5.11 Å². The molecule has 0 aliphatic carbocycles. The van der Waals surface area contributed by atoms with E-state index in [2.05, 4.69) is 73.4 Å². The largest absolute Gasteiger partial charge is 0.393 e. The lowest BCUT2D eigenvalue weighted by atomic mass is 10.0. The van der Waals surface area contributed by atoms with Crippen LogP contribution >= 0.6 is 0 Å². The fourth-order valence-corrected chi connectivity index (χ4v) is 3.75. The van der Waals surface area contributed by atoms with Crippen LogP contribution in [0.1, 0.15) is 12.8 Å². The minimum Gasteiger partial charge on any atom is -0.393 e. The van der Waals surface area contributed by atoms with E-state index in [1.54, 1.807) is 0 Å². The van der Waals surface area contributed by atoms with Gasteiger partial charge in [-0.2, -0.15) is 0 Å². The molecule has 0 spiro atoms. The molecule has 0 saturated carbocycles. The average Bonchev–Trinajstić information content (AvgIpc) is 2.79. The van der Waals surface area contributed by atoms with Crippen molar-refractivity contribution in [2.24, 2.45) is 0 Å². The van der Waals surface area contributed by atoms with Crippen molar-refractivity contribution in [3.05, 3.63) is 48.5 Å². The molecule has 0 atom stereocenters. The fraction of sp³-hybridized carbons (Fsp3) is 0.375. The van der Waals surface area contributed by atoms with Crippen LogP contribution in [0.25, 0.3) is 22.5 Å². The number of anilines is 3. The molecule has 1 fully saturated rings. The monoisotopic (exact) mass is 418 g/mol. The van der Waals surface area contributed by atoms with E-state index < -0.39 is 0 Å². The summed E-state index contributed by atoms with van der Waals surface area (Å²) >= 11 is 0. The van der Waals surface area contributed by atoms with Crippen molar-refractivity contribution in [3.63, 3.8) is 0 Å². The number of piperidine rings is 1. The van der Waals surface area contributed by atoms with E-state index in [-0.39, 0.29) is 6.10 Å². The zero-order chi connectivity index (χ0) is 22.0. The molecule has 2 aromatic carbocycles. The number of aliphatic hydroxyl groups is 1. The number of aliphatic hydroxyl groups excluding tert-OH is 1. The molecular formula is C24H30N6O. The van der Waals surface area contributed by atoms with Crippen LogP contribution in [-0.4, -0.2) is 67.7 Å². The van der Waals surface area contributed by atoms with Gasteiger partial charge in [-0.15, -0.1) is 10.2 Å². The lowest BCUT2D eigenvalue weighted by Crippen LogP contribution is -2.37. The normalized spacial score (nSPS) is 14.5. The van der Waals surface area contributed by atoms with Gasteiger partial charge in [0.25, 0.3) is 0 Å². The van der Waals surface area contributed by atoms with E-state index in [4.69, 9.17) is 4.98 Å². The minimum atomic E-state index is -0.239. The summed E-state index contributed by atoms with van der Waals surface area (Å²) in [4.78, 5) is 11.2. The Morgan fingerprint density at radius 3 is 1.71 bits per heavy atom. The predicted octanol–water partition coefficient (Wildman–Crippen LogP) is 3.30. The number of aromatic nitrogens is 3. The summed E-state index contributed by atoms with van der Waals surface area (Å²) in [6.07, 6.45) is 1.21. The molecule has 7 heteroatoms. The zero-order valence-electron chi connectivity index (χ0n) is 18.7. The summed E-state index contributed by atoms with van der Waals surface area (Å²) in [5, 5.41) is 18.9. The van der Waals surface area contributed by atoms with Crippen LogP contribution in [-0.2, 0) is 0 Å². The molecular weight excluding hydrogens is 388 g/mol. The van der Waals surface area contributed by atoms with Gasteiger partial charge in [0.1, 0.15) is 11.4 Å². The van der Waals surface area contributed by atoms with Gasteiger partial charge in [-0.25, -0.2) is 4.98 Å². The molecule has 0 bridgehead atoms. The van der Waals surface area contributed by atoms with Crippen molar-refractivity contribution in [3.8, 4) is 22.5 Å². The van der Waals surface area contributed by atoms with E-state index in [9.17, 15) is 5.11 Å². The average molecular weight is 419 g/mol. The quantitative estimate of drug-likeness (QED) is 0.682. The number of nitrogens with zero attached hydrogens (tertiary/aromatic N) is 6. The Kier molecular flexibility index (Phi) is 6.04. The van der Waals surface area contributed by atoms with Crippen LogP contribution in [0.15, 0.2) is 48.5 Å². The summed E-state index contributed by atoms with van der Waals surface area (Å²) < 4.78 is 0. The molecule has 31 heavy (non-hydrogen) atoms. The molecule has 2 heterocycles. The van der Waals surface area contributed by atoms with Crippen LogP contribution in [0.3, 0.4) is 0 Å². The maximum atomic E-state index is 9.84. The Morgan fingerprint density at radius 1 is 0.742 bits per heavy atom. The number of hydrogen-bond acceptors (Lipinski definition) is 7. The highest BCUT2D eigenvalue weighted by atomic mass is 16.3. The Balaban J connectivity index is 1.76. The highest BCUT2D eigenvalue weighted by molar-refractivity contribution is 5.79. The van der Waals surface area contributed by atoms with E-state index in [0.717, 1.165) is 59.8 Å². The third-order valence-corrected chi connectivity index (χ3v) is 5.74. The molecule has 1 aliphatic rings. The SMILES string of the molecule is CN(C)c1ccc(-c2nnc(N3CCC(O)CC3)nc2-c2ccc(N(C)C)cc2)cc1. The smallest absolute Gasteiger partial charge is 0.245 e. The molecule has 0 unspecified atom stereocenters. The molecule has 3 aromatic rings. The summed E-state index contributed by atoms with van der Waals surface area (Å²) in [5.74, 6) is 0.618. The Morgan fingerprint density at radius 2 is 1.23 bits per heavy atom. The summed E-state index contributed by atoms with van der Waals surface area (Å²) in [6, 6.07) is 16.6. The molecule has 0 amide bonds. The molecule has 162 valence electrons. The van der Waals surface area contributed by atoms with Gasteiger partial charge in [0, 0.05) is 63.8 Å². The molecule has 0 radical (unpaired) electrons. The van der Waals surface area contributed by atoms with Crippen LogP contribution < -0.4 is 14.7 Å². The van der Waals surface area contributed by atoms with Gasteiger partial charge in [-0.3, -0.25) is 0 Å². The molecule has 4 rings (SSSR count). The highest BCUT2D eigenvalue weighted by Gasteiger charge is 2.22. The first-order chi connectivity index (χ1) is 14.9. The third kappa shape index (κ3) is 4.61. The van der Waals surface area contributed by atoms with Crippen LogP contribution in [0, 0.1) is 0 Å². The Bertz CT molecular complexity index is 1010. The fourth-order valence-electron chi connectivity index (χ4n) is 3.75. The summed E-state index contributed by atoms with van der Waals surface area (Å²) in [6.45, 7) is 1.47. The van der Waals surface area contributed by atoms with Crippen molar-refractivity contribution in [2.45, 2.75) is 18.9 Å². The molecule has 1 saturated heterocycles. The van der Waals surface area contributed by atoms with Crippen molar-refractivity contribution >= 4 is 17.3 Å². The van der Waals surface area contributed by atoms with E-state index in [1.165, 1.54) is 0 Å². The maximum Gasteiger partial charge on any atom is 0.245 e. The molecule has 1 aliphatic heterocycles. The van der Waals surface area contributed by atoms with Crippen LogP contribution in [0.4, 0.5) is 17.3 Å². The first-order valence-corrected chi connectivity index (χ1v) is 10.7. The van der Waals surface area contributed by atoms with Crippen LogP contribution in [0.5, 0.6) is 0 Å². The second-order valence-electron chi connectivity index (χ2n) is 8.41. The van der Waals surface area contributed by atoms with Gasteiger partial charge in [0.15, 0.2) is 0 Å². The van der Waals surface area contributed by atoms with Crippen molar-refractivity contribution in [2.75, 3.05) is 56.0 Å².